The summed E-state index contributed by atoms with van der Waals surface area (Å²) in [5.74, 6) is -0.468. The zero-order chi connectivity index (χ0) is 19.6. The van der Waals surface area contributed by atoms with Crippen LogP contribution >= 0.6 is 0 Å². The molecular formula is C22H19N3O3. The van der Waals surface area contributed by atoms with Crippen LogP contribution < -0.4 is 16.2 Å². The van der Waals surface area contributed by atoms with E-state index in [1.165, 1.54) is 16.2 Å². The molecule has 3 aromatic rings. The lowest BCUT2D eigenvalue weighted by molar-refractivity contribution is -0.124. The Morgan fingerprint density at radius 3 is 2.11 bits per heavy atom. The van der Waals surface area contributed by atoms with Crippen LogP contribution in [0.2, 0.25) is 0 Å². The van der Waals surface area contributed by atoms with Gasteiger partial charge in [0.15, 0.2) is 5.54 Å². The third kappa shape index (κ3) is 3.32. The molecule has 1 aliphatic rings. The molecule has 2 heterocycles. The fraction of sp³-hybridized carbons (Fsp3) is 0.136. The van der Waals surface area contributed by atoms with Crippen molar-refractivity contribution in [2.75, 3.05) is 0 Å². The zero-order valence-corrected chi connectivity index (χ0v) is 15.1. The number of carbonyl (C=O) groups is 2. The minimum absolute atomic E-state index is 0.0161. The summed E-state index contributed by atoms with van der Waals surface area (Å²) in [7, 11) is 0. The maximum Gasteiger partial charge on any atom is 0.322 e. The van der Waals surface area contributed by atoms with E-state index in [-0.39, 0.29) is 12.1 Å². The molecule has 1 fully saturated rings. The molecular weight excluding hydrogens is 354 g/mol. The number of pyridine rings is 1. The number of aromatic nitrogens is 1. The van der Waals surface area contributed by atoms with Crippen LogP contribution in [-0.4, -0.2) is 16.5 Å². The van der Waals surface area contributed by atoms with Gasteiger partial charge in [-0.15, -0.1) is 0 Å². The quantitative estimate of drug-likeness (QED) is 0.673. The molecule has 0 bridgehead atoms. The summed E-state index contributed by atoms with van der Waals surface area (Å²) >= 11 is 0. The average molecular weight is 373 g/mol. The number of benzene rings is 2. The Kier molecular flexibility index (Phi) is 4.53. The average Bonchev–Trinajstić information content (AvgIpc) is 2.99. The van der Waals surface area contributed by atoms with E-state index in [1.807, 2.05) is 42.5 Å². The van der Waals surface area contributed by atoms with E-state index >= 15 is 0 Å². The van der Waals surface area contributed by atoms with Crippen molar-refractivity contribution in [1.82, 2.24) is 15.2 Å². The van der Waals surface area contributed by atoms with Crippen LogP contribution in [0.4, 0.5) is 4.79 Å². The highest BCUT2D eigenvalue weighted by molar-refractivity contribution is 6.07. The highest BCUT2D eigenvalue weighted by atomic mass is 16.2. The van der Waals surface area contributed by atoms with Crippen LogP contribution in [0.25, 0.3) is 0 Å². The molecule has 0 spiro atoms. The third-order valence-electron chi connectivity index (χ3n) is 4.95. The first-order valence-electron chi connectivity index (χ1n) is 8.99. The van der Waals surface area contributed by atoms with Gasteiger partial charge in [0, 0.05) is 12.3 Å². The molecule has 3 amide bonds. The number of hydrogen-bond acceptors (Lipinski definition) is 3. The fourth-order valence-electron chi connectivity index (χ4n) is 3.48. The molecule has 1 saturated heterocycles. The Labute approximate surface area is 161 Å². The van der Waals surface area contributed by atoms with Gasteiger partial charge in [0.2, 0.25) is 0 Å². The van der Waals surface area contributed by atoms with E-state index in [2.05, 4.69) is 22.8 Å². The maximum atomic E-state index is 12.7. The van der Waals surface area contributed by atoms with Gasteiger partial charge in [0.05, 0.1) is 6.54 Å². The number of nitrogens with one attached hydrogen (secondary N) is 2. The van der Waals surface area contributed by atoms with Crippen molar-refractivity contribution in [2.24, 2.45) is 0 Å². The first-order valence-corrected chi connectivity index (χ1v) is 8.99. The summed E-state index contributed by atoms with van der Waals surface area (Å²) in [5, 5.41) is 5.01. The molecule has 140 valence electrons. The van der Waals surface area contributed by atoms with E-state index in [0.29, 0.717) is 5.56 Å². The summed E-state index contributed by atoms with van der Waals surface area (Å²) in [5.41, 5.74) is 1.34. The van der Waals surface area contributed by atoms with Gasteiger partial charge in [0.25, 0.3) is 11.5 Å². The highest BCUT2D eigenvalue weighted by Crippen LogP contribution is 2.27. The van der Waals surface area contributed by atoms with Crippen molar-refractivity contribution in [2.45, 2.75) is 18.5 Å². The van der Waals surface area contributed by atoms with Gasteiger partial charge in [-0.25, -0.2) is 4.79 Å². The smallest absolute Gasteiger partial charge is 0.318 e. The van der Waals surface area contributed by atoms with E-state index in [0.717, 1.165) is 12.0 Å². The molecule has 28 heavy (non-hydrogen) atoms. The summed E-state index contributed by atoms with van der Waals surface area (Å²) < 4.78 is 1.42. The van der Waals surface area contributed by atoms with Crippen molar-refractivity contribution >= 4 is 11.9 Å². The normalized spacial score (nSPS) is 18.6. The standard InChI is InChI=1S/C22H19N3O3/c26-19-8-4-5-13-25(19)15-22(20(27)23-21(28)24-22)18-11-9-17(10-12-18)14-16-6-2-1-3-7-16/h1-13H,14-15H2,(H2,23,24,27,28). The summed E-state index contributed by atoms with van der Waals surface area (Å²) in [4.78, 5) is 36.7. The van der Waals surface area contributed by atoms with Crippen LogP contribution in [0.1, 0.15) is 16.7 Å². The second-order valence-electron chi connectivity index (χ2n) is 6.84. The maximum absolute atomic E-state index is 12.7. The summed E-state index contributed by atoms with van der Waals surface area (Å²) in [6.45, 7) is 0.0161. The predicted molar refractivity (Wildman–Crippen MR) is 105 cm³/mol. The van der Waals surface area contributed by atoms with E-state index in [1.54, 1.807) is 18.3 Å². The lowest BCUT2D eigenvalue weighted by Gasteiger charge is -2.27. The van der Waals surface area contributed by atoms with Crippen LogP contribution in [0.5, 0.6) is 0 Å². The highest BCUT2D eigenvalue weighted by Gasteiger charge is 2.48. The number of nitrogens with zero attached hydrogens (tertiary/aromatic N) is 1. The number of urea groups is 1. The van der Waals surface area contributed by atoms with Gasteiger partial charge in [-0.05, 0) is 29.2 Å². The summed E-state index contributed by atoms with van der Waals surface area (Å²) in [6.07, 6.45) is 2.37. The lowest BCUT2D eigenvalue weighted by atomic mass is 9.88. The molecule has 1 aliphatic heterocycles. The minimum Gasteiger partial charge on any atom is -0.318 e. The molecule has 6 nitrogen and oxygen atoms in total. The lowest BCUT2D eigenvalue weighted by Crippen LogP contribution is -2.49. The molecule has 0 saturated carbocycles. The Morgan fingerprint density at radius 1 is 0.786 bits per heavy atom. The van der Waals surface area contributed by atoms with Crippen LogP contribution in [-0.2, 0) is 23.3 Å². The third-order valence-corrected chi connectivity index (χ3v) is 4.95. The molecule has 0 aliphatic carbocycles. The molecule has 0 radical (unpaired) electrons. The minimum atomic E-state index is -1.33. The van der Waals surface area contributed by atoms with Gasteiger partial charge in [0.1, 0.15) is 0 Å². The van der Waals surface area contributed by atoms with Crippen molar-refractivity contribution in [3.8, 4) is 0 Å². The second kappa shape index (κ2) is 7.15. The molecule has 1 aromatic heterocycles. The first-order chi connectivity index (χ1) is 13.6. The Morgan fingerprint density at radius 2 is 1.46 bits per heavy atom. The van der Waals surface area contributed by atoms with Crippen molar-refractivity contribution < 1.29 is 9.59 Å². The van der Waals surface area contributed by atoms with E-state index in [9.17, 15) is 14.4 Å². The van der Waals surface area contributed by atoms with Gasteiger partial charge < -0.3 is 9.88 Å². The fourth-order valence-corrected chi connectivity index (χ4v) is 3.48. The molecule has 1 unspecified atom stereocenters. The number of rotatable bonds is 5. The topological polar surface area (TPSA) is 80.2 Å². The van der Waals surface area contributed by atoms with Gasteiger partial charge >= 0.3 is 6.03 Å². The van der Waals surface area contributed by atoms with Crippen molar-refractivity contribution in [1.29, 1.82) is 0 Å². The Hall–Kier alpha value is -3.67. The molecule has 4 rings (SSSR count). The second-order valence-corrected chi connectivity index (χ2v) is 6.84. The molecule has 2 aromatic carbocycles. The SMILES string of the molecule is O=C1NC(=O)C(Cn2ccccc2=O)(c2ccc(Cc3ccccc3)cc2)N1. The predicted octanol–water partition coefficient (Wildman–Crippen LogP) is 2.17. The molecule has 2 N–H and O–H groups in total. The Bertz CT molecular complexity index is 1070. The zero-order valence-electron chi connectivity index (χ0n) is 15.1. The van der Waals surface area contributed by atoms with Crippen LogP contribution in [0.3, 0.4) is 0 Å². The summed E-state index contributed by atoms with van der Waals surface area (Å²) in [6, 6.07) is 21.8. The van der Waals surface area contributed by atoms with Crippen LogP contribution in [0.15, 0.2) is 83.8 Å². The monoisotopic (exact) mass is 373 g/mol. The largest absolute Gasteiger partial charge is 0.322 e. The number of imide groups is 1. The number of carbonyl (C=O) groups excluding carboxylic acids is 2. The van der Waals surface area contributed by atoms with Crippen molar-refractivity contribution in [3.05, 3.63) is 106 Å². The number of hydrogen-bond donors (Lipinski definition) is 2. The van der Waals surface area contributed by atoms with Crippen LogP contribution in [0, 0.1) is 0 Å². The molecule has 1 atom stereocenters. The van der Waals surface area contributed by atoms with Gasteiger partial charge in [-0.1, -0.05) is 60.7 Å². The van der Waals surface area contributed by atoms with E-state index < -0.39 is 17.5 Å². The van der Waals surface area contributed by atoms with Gasteiger partial charge in [-0.3, -0.25) is 14.9 Å². The van der Waals surface area contributed by atoms with Gasteiger partial charge in [-0.2, -0.15) is 0 Å². The first kappa shape index (κ1) is 17.7. The number of amides is 3. The van der Waals surface area contributed by atoms with Crippen molar-refractivity contribution in [3.63, 3.8) is 0 Å². The van der Waals surface area contributed by atoms with E-state index in [4.69, 9.17) is 0 Å². The molecule has 6 heteroatoms. The Balaban J connectivity index is 1.67.